The molecule has 0 fully saturated rings. The van der Waals surface area contributed by atoms with Gasteiger partial charge in [0, 0.05) is 33.4 Å². The molecule has 0 amide bonds. The lowest BCUT2D eigenvalue weighted by Gasteiger charge is -2.18. The standard InChI is InChI=1S/C23H14O3/c1-26-17-13-10-15(11-14-17)9-12-16-5-4-8-20-21(16)23(25)19-7-3-2-6-18(19)22(20)24/h2-8,10-11,13-14H,1H3. The van der Waals surface area contributed by atoms with Gasteiger partial charge in [-0.3, -0.25) is 9.59 Å². The van der Waals surface area contributed by atoms with Gasteiger partial charge in [0.1, 0.15) is 5.75 Å². The highest BCUT2D eigenvalue weighted by atomic mass is 16.5. The average Bonchev–Trinajstić information content (AvgIpc) is 2.70. The zero-order valence-electron chi connectivity index (χ0n) is 14.1. The van der Waals surface area contributed by atoms with Crippen molar-refractivity contribution in [3.63, 3.8) is 0 Å². The first-order chi connectivity index (χ1) is 12.7. The largest absolute Gasteiger partial charge is 0.497 e. The predicted octanol–water partition coefficient (Wildman–Crippen LogP) is 3.87. The molecule has 0 bridgehead atoms. The van der Waals surface area contributed by atoms with Crippen LogP contribution >= 0.6 is 0 Å². The molecule has 0 aliphatic heterocycles. The smallest absolute Gasteiger partial charge is 0.195 e. The highest BCUT2D eigenvalue weighted by Gasteiger charge is 2.30. The number of ketones is 2. The molecule has 3 aromatic rings. The maximum atomic E-state index is 12.9. The van der Waals surface area contributed by atoms with Crippen LogP contribution in [0.3, 0.4) is 0 Å². The molecule has 0 unspecified atom stereocenters. The Balaban J connectivity index is 1.80. The summed E-state index contributed by atoms with van der Waals surface area (Å²) in [6.45, 7) is 0. The second kappa shape index (κ2) is 6.34. The highest BCUT2D eigenvalue weighted by molar-refractivity contribution is 6.29. The number of rotatable bonds is 1. The Labute approximate surface area is 151 Å². The summed E-state index contributed by atoms with van der Waals surface area (Å²) in [5, 5.41) is 0. The van der Waals surface area contributed by atoms with E-state index in [-0.39, 0.29) is 11.6 Å². The number of ether oxygens (including phenoxy) is 1. The van der Waals surface area contributed by atoms with Gasteiger partial charge in [-0.2, -0.15) is 0 Å². The number of methoxy groups -OCH3 is 1. The molecule has 4 rings (SSSR count). The van der Waals surface area contributed by atoms with Crippen LogP contribution in [-0.2, 0) is 0 Å². The summed E-state index contributed by atoms with van der Waals surface area (Å²) in [5.74, 6) is 6.56. The Bertz CT molecular complexity index is 1100. The summed E-state index contributed by atoms with van der Waals surface area (Å²) in [6.07, 6.45) is 0. The third-order valence-corrected chi connectivity index (χ3v) is 4.38. The van der Waals surface area contributed by atoms with Crippen molar-refractivity contribution in [1.29, 1.82) is 0 Å². The van der Waals surface area contributed by atoms with E-state index in [1.807, 2.05) is 24.3 Å². The molecule has 3 aromatic carbocycles. The maximum Gasteiger partial charge on any atom is 0.195 e. The van der Waals surface area contributed by atoms with Crippen LogP contribution in [0, 0.1) is 11.8 Å². The second-order valence-corrected chi connectivity index (χ2v) is 5.91. The molecule has 0 radical (unpaired) electrons. The molecule has 0 N–H and O–H groups in total. The molecule has 26 heavy (non-hydrogen) atoms. The third kappa shape index (κ3) is 2.58. The Morgan fingerprint density at radius 3 is 2.04 bits per heavy atom. The van der Waals surface area contributed by atoms with Gasteiger partial charge < -0.3 is 4.74 Å². The Hall–Kier alpha value is -3.64. The fraction of sp³-hybridized carbons (Fsp3) is 0.0435. The summed E-state index contributed by atoms with van der Waals surface area (Å²) in [5.41, 5.74) is 3.05. The number of hydrogen-bond donors (Lipinski definition) is 0. The first-order valence-corrected chi connectivity index (χ1v) is 8.16. The molecular formula is C23H14O3. The van der Waals surface area contributed by atoms with E-state index >= 15 is 0 Å². The van der Waals surface area contributed by atoms with Crippen LogP contribution in [0.5, 0.6) is 5.75 Å². The van der Waals surface area contributed by atoms with Gasteiger partial charge in [-0.25, -0.2) is 0 Å². The van der Waals surface area contributed by atoms with Gasteiger partial charge in [-0.05, 0) is 30.3 Å². The predicted molar refractivity (Wildman–Crippen MR) is 98.7 cm³/mol. The van der Waals surface area contributed by atoms with Gasteiger partial charge in [0.05, 0.1) is 7.11 Å². The average molecular weight is 338 g/mol. The van der Waals surface area contributed by atoms with Gasteiger partial charge in [-0.1, -0.05) is 48.2 Å². The van der Waals surface area contributed by atoms with Crippen LogP contribution in [0.15, 0.2) is 66.7 Å². The van der Waals surface area contributed by atoms with Crippen molar-refractivity contribution >= 4 is 11.6 Å². The molecule has 0 spiro atoms. The molecular weight excluding hydrogens is 324 g/mol. The molecule has 0 aromatic heterocycles. The topological polar surface area (TPSA) is 43.4 Å². The molecule has 1 aliphatic rings. The van der Waals surface area contributed by atoms with E-state index in [9.17, 15) is 9.59 Å². The summed E-state index contributed by atoms with van der Waals surface area (Å²) in [6, 6.07) is 19.5. The summed E-state index contributed by atoms with van der Waals surface area (Å²) in [7, 11) is 1.61. The van der Waals surface area contributed by atoms with E-state index < -0.39 is 0 Å². The van der Waals surface area contributed by atoms with E-state index in [1.54, 1.807) is 49.6 Å². The van der Waals surface area contributed by atoms with Crippen LogP contribution in [-0.4, -0.2) is 18.7 Å². The van der Waals surface area contributed by atoms with Crippen molar-refractivity contribution < 1.29 is 14.3 Å². The molecule has 3 nitrogen and oxygen atoms in total. The normalized spacial score (nSPS) is 11.9. The minimum atomic E-state index is -0.158. The van der Waals surface area contributed by atoms with E-state index in [4.69, 9.17) is 4.74 Å². The SMILES string of the molecule is COc1ccc(C#Cc2cccc3c2C(=O)c2ccccc2C3=O)cc1. The fourth-order valence-corrected chi connectivity index (χ4v) is 3.06. The molecule has 3 heteroatoms. The van der Waals surface area contributed by atoms with Crippen LogP contribution < -0.4 is 4.74 Å². The summed E-state index contributed by atoms with van der Waals surface area (Å²) < 4.78 is 5.14. The highest BCUT2D eigenvalue weighted by Crippen LogP contribution is 2.29. The van der Waals surface area contributed by atoms with E-state index in [1.165, 1.54) is 0 Å². The van der Waals surface area contributed by atoms with Gasteiger partial charge in [0.15, 0.2) is 11.6 Å². The Morgan fingerprint density at radius 2 is 1.35 bits per heavy atom. The van der Waals surface area contributed by atoms with Crippen molar-refractivity contribution in [2.45, 2.75) is 0 Å². The molecule has 0 heterocycles. The van der Waals surface area contributed by atoms with Crippen LogP contribution in [0.1, 0.15) is 43.0 Å². The zero-order chi connectivity index (χ0) is 18.1. The number of benzene rings is 3. The van der Waals surface area contributed by atoms with Crippen LogP contribution in [0.25, 0.3) is 0 Å². The van der Waals surface area contributed by atoms with E-state index in [0.29, 0.717) is 27.8 Å². The number of carbonyl (C=O) groups is 2. The Morgan fingerprint density at radius 1 is 0.692 bits per heavy atom. The van der Waals surface area contributed by atoms with Gasteiger partial charge in [0.25, 0.3) is 0 Å². The number of hydrogen-bond acceptors (Lipinski definition) is 3. The van der Waals surface area contributed by atoms with Gasteiger partial charge in [-0.15, -0.1) is 0 Å². The quantitative estimate of drug-likeness (QED) is 0.495. The lowest BCUT2D eigenvalue weighted by Crippen LogP contribution is -2.21. The zero-order valence-corrected chi connectivity index (χ0v) is 14.1. The van der Waals surface area contributed by atoms with Crippen molar-refractivity contribution in [2.75, 3.05) is 7.11 Å². The third-order valence-electron chi connectivity index (χ3n) is 4.38. The first kappa shape index (κ1) is 15.9. The van der Waals surface area contributed by atoms with Gasteiger partial charge in [0.2, 0.25) is 0 Å². The van der Waals surface area contributed by atoms with Crippen molar-refractivity contribution in [3.05, 3.63) is 100 Å². The minimum absolute atomic E-state index is 0.136. The van der Waals surface area contributed by atoms with Crippen LogP contribution in [0.4, 0.5) is 0 Å². The lowest BCUT2D eigenvalue weighted by atomic mass is 9.82. The fourth-order valence-electron chi connectivity index (χ4n) is 3.06. The van der Waals surface area contributed by atoms with Gasteiger partial charge >= 0.3 is 0 Å². The molecule has 0 saturated heterocycles. The number of carbonyl (C=O) groups excluding carboxylic acids is 2. The monoisotopic (exact) mass is 338 g/mol. The minimum Gasteiger partial charge on any atom is -0.497 e. The molecule has 1 aliphatic carbocycles. The van der Waals surface area contributed by atoms with Crippen molar-refractivity contribution in [2.24, 2.45) is 0 Å². The molecule has 124 valence electrons. The maximum absolute atomic E-state index is 12.9. The molecule has 0 saturated carbocycles. The second-order valence-electron chi connectivity index (χ2n) is 5.91. The summed E-state index contributed by atoms with van der Waals surface area (Å²) in [4.78, 5) is 25.7. The first-order valence-electron chi connectivity index (χ1n) is 8.16. The Kier molecular flexibility index (Phi) is 3.87. The number of fused-ring (bicyclic) bond motifs is 2. The van der Waals surface area contributed by atoms with Crippen molar-refractivity contribution in [3.8, 4) is 17.6 Å². The van der Waals surface area contributed by atoms with E-state index in [0.717, 1.165) is 11.3 Å². The van der Waals surface area contributed by atoms with E-state index in [2.05, 4.69) is 11.8 Å². The molecule has 0 atom stereocenters. The van der Waals surface area contributed by atoms with Crippen LogP contribution in [0.2, 0.25) is 0 Å². The van der Waals surface area contributed by atoms with Crippen molar-refractivity contribution in [1.82, 2.24) is 0 Å². The summed E-state index contributed by atoms with van der Waals surface area (Å²) >= 11 is 0. The lowest BCUT2D eigenvalue weighted by molar-refractivity contribution is 0.0979.